The average Bonchev–Trinajstić information content (AvgIpc) is 2.82. The van der Waals surface area contributed by atoms with E-state index in [9.17, 15) is 9.59 Å². The third kappa shape index (κ3) is 2.15. The maximum absolute atomic E-state index is 12.4. The van der Waals surface area contributed by atoms with Crippen LogP contribution in [0.25, 0.3) is 0 Å². The lowest BCUT2D eigenvalue weighted by atomic mass is 9.65. The van der Waals surface area contributed by atoms with Crippen molar-refractivity contribution in [3.8, 4) is 0 Å². The highest BCUT2D eigenvalue weighted by Crippen LogP contribution is 2.55. The van der Waals surface area contributed by atoms with E-state index in [1.165, 1.54) is 0 Å². The van der Waals surface area contributed by atoms with Gasteiger partial charge in [0.15, 0.2) is 0 Å². The Hall–Kier alpha value is -1.64. The van der Waals surface area contributed by atoms with Crippen molar-refractivity contribution in [2.45, 2.75) is 44.9 Å². The molecule has 1 heterocycles. The highest BCUT2D eigenvalue weighted by atomic mass is 16.2. The SMILES string of the molecule is CCC1CCC2(CC(=O)NC(=O)C2c2ccccc2)C1. The molecule has 1 spiro atoms. The molecule has 3 heteroatoms. The van der Waals surface area contributed by atoms with Gasteiger partial charge in [-0.25, -0.2) is 0 Å². The normalized spacial score (nSPS) is 33.5. The molecule has 2 amide bonds. The van der Waals surface area contributed by atoms with Crippen LogP contribution in [-0.4, -0.2) is 11.8 Å². The van der Waals surface area contributed by atoms with Crippen LogP contribution in [0, 0.1) is 11.3 Å². The van der Waals surface area contributed by atoms with Crippen molar-refractivity contribution in [1.82, 2.24) is 5.32 Å². The van der Waals surface area contributed by atoms with E-state index in [0.717, 1.165) is 31.2 Å². The monoisotopic (exact) mass is 271 g/mol. The Labute approximate surface area is 119 Å². The molecule has 0 bridgehead atoms. The summed E-state index contributed by atoms with van der Waals surface area (Å²) in [5.74, 6) is 0.279. The number of piperidine rings is 1. The van der Waals surface area contributed by atoms with Gasteiger partial charge >= 0.3 is 0 Å². The Morgan fingerprint density at radius 2 is 2.00 bits per heavy atom. The summed E-state index contributed by atoms with van der Waals surface area (Å²) in [5, 5.41) is 2.53. The number of hydrogen-bond acceptors (Lipinski definition) is 2. The van der Waals surface area contributed by atoms with Gasteiger partial charge in [-0.3, -0.25) is 14.9 Å². The van der Waals surface area contributed by atoms with E-state index >= 15 is 0 Å². The number of benzene rings is 1. The smallest absolute Gasteiger partial charge is 0.234 e. The molecule has 106 valence electrons. The number of imide groups is 1. The van der Waals surface area contributed by atoms with Crippen LogP contribution in [0.1, 0.15) is 50.5 Å². The summed E-state index contributed by atoms with van der Waals surface area (Å²) >= 11 is 0. The Morgan fingerprint density at radius 3 is 2.65 bits per heavy atom. The van der Waals surface area contributed by atoms with Gasteiger partial charge in [-0.15, -0.1) is 0 Å². The third-order valence-corrected chi connectivity index (χ3v) is 5.11. The Bertz CT molecular complexity index is 525. The zero-order valence-electron chi connectivity index (χ0n) is 11.9. The summed E-state index contributed by atoms with van der Waals surface area (Å²) in [4.78, 5) is 24.3. The van der Waals surface area contributed by atoms with E-state index in [1.807, 2.05) is 30.3 Å². The van der Waals surface area contributed by atoms with Gasteiger partial charge in [-0.2, -0.15) is 0 Å². The molecule has 1 N–H and O–H groups in total. The second-order valence-electron chi connectivity index (χ2n) is 6.31. The predicted molar refractivity (Wildman–Crippen MR) is 77.0 cm³/mol. The molecule has 3 rings (SSSR count). The van der Waals surface area contributed by atoms with Gasteiger partial charge in [-0.05, 0) is 36.2 Å². The van der Waals surface area contributed by atoms with Crippen LogP contribution in [0.5, 0.6) is 0 Å². The summed E-state index contributed by atoms with van der Waals surface area (Å²) in [6.45, 7) is 2.20. The van der Waals surface area contributed by atoms with Crippen LogP contribution in [0.15, 0.2) is 30.3 Å². The van der Waals surface area contributed by atoms with Gasteiger partial charge < -0.3 is 0 Å². The van der Waals surface area contributed by atoms with Gasteiger partial charge in [0.1, 0.15) is 0 Å². The quantitative estimate of drug-likeness (QED) is 0.840. The lowest BCUT2D eigenvalue weighted by Gasteiger charge is -2.40. The maximum Gasteiger partial charge on any atom is 0.234 e. The van der Waals surface area contributed by atoms with E-state index in [1.54, 1.807) is 0 Å². The van der Waals surface area contributed by atoms with E-state index in [-0.39, 0.29) is 23.1 Å². The van der Waals surface area contributed by atoms with Crippen LogP contribution < -0.4 is 5.32 Å². The molecule has 3 nitrogen and oxygen atoms in total. The van der Waals surface area contributed by atoms with E-state index < -0.39 is 0 Å². The number of carbonyl (C=O) groups excluding carboxylic acids is 2. The van der Waals surface area contributed by atoms with Crippen LogP contribution in [-0.2, 0) is 9.59 Å². The minimum absolute atomic E-state index is 0.0982. The summed E-state index contributed by atoms with van der Waals surface area (Å²) < 4.78 is 0. The molecule has 1 aromatic carbocycles. The lowest BCUT2D eigenvalue weighted by molar-refractivity contribution is -0.140. The summed E-state index contributed by atoms with van der Waals surface area (Å²) in [6, 6.07) is 9.94. The topological polar surface area (TPSA) is 46.2 Å². The third-order valence-electron chi connectivity index (χ3n) is 5.11. The average molecular weight is 271 g/mol. The van der Waals surface area contributed by atoms with Gasteiger partial charge in [0.05, 0.1) is 5.92 Å². The summed E-state index contributed by atoms with van der Waals surface area (Å²) in [7, 11) is 0. The second kappa shape index (κ2) is 5.04. The first-order valence-corrected chi connectivity index (χ1v) is 7.53. The molecule has 20 heavy (non-hydrogen) atoms. The van der Waals surface area contributed by atoms with Gasteiger partial charge in [-0.1, -0.05) is 43.7 Å². The van der Waals surface area contributed by atoms with Crippen LogP contribution >= 0.6 is 0 Å². The standard InChI is InChI=1S/C17H21NO2/c1-2-12-8-9-17(10-12)11-14(19)18-16(20)15(17)13-6-4-3-5-7-13/h3-7,12,15H,2,8-11H2,1H3,(H,18,19,20). The van der Waals surface area contributed by atoms with E-state index in [0.29, 0.717) is 12.3 Å². The molecule has 3 atom stereocenters. The first-order chi connectivity index (χ1) is 9.64. The fourth-order valence-electron chi connectivity index (χ4n) is 4.15. The van der Waals surface area contributed by atoms with Crippen molar-refractivity contribution in [1.29, 1.82) is 0 Å². The van der Waals surface area contributed by atoms with Crippen molar-refractivity contribution < 1.29 is 9.59 Å². The zero-order chi connectivity index (χ0) is 14.2. The Balaban J connectivity index is 1.99. The Morgan fingerprint density at radius 1 is 1.25 bits per heavy atom. The minimum Gasteiger partial charge on any atom is -0.296 e. The number of nitrogens with one attached hydrogen (secondary N) is 1. The lowest BCUT2D eigenvalue weighted by Crippen LogP contribution is -2.49. The number of carbonyl (C=O) groups is 2. The number of rotatable bonds is 2. The fourth-order valence-corrected chi connectivity index (χ4v) is 4.15. The predicted octanol–water partition coefficient (Wildman–Crippen LogP) is 3.01. The van der Waals surface area contributed by atoms with Crippen molar-refractivity contribution in [3.05, 3.63) is 35.9 Å². The van der Waals surface area contributed by atoms with Gasteiger partial charge in [0.25, 0.3) is 0 Å². The fraction of sp³-hybridized carbons (Fsp3) is 0.529. The molecule has 1 aliphatic heterocycles. The number of hydrogen-bond donors (Lipinski definition) is 1. The first-order valence-electron chi connectivity index (χ1n) is 7.53. The summed E-state index contributed by atoms with van der Waals surface area (Å²) in [5.41, 5.74) is 0.899. The number of amides is 2. The molecule has 0 radical (unpaired) electrons. The van der Waals surface area contributed by atoms with Crippen LogP contribution in [0.4, 0.5) is 0 Å². The van der Waals surface area contributed by atoms with E-state index in [4.69, 9.17) is 0 Å². The van der Waals surface area contributed by atoms with Crippen molar-refractivity contribution in [3.63, 3.8) is 0 Å². The van der Waals surface area contributed by atoms with Crippen molar-refractivity contribution in [2.75, 3.05) is 0 Å². The molecule has 3 unspecified atom stereocenters. The molecule has 1 saturated carbocycles. The molecule has 1 aromatic rings. The summed E-state index contributed by atoms with van der Waals surface area (Å²) in [6.07, 6.45) is 4.76. The molecule has 2 aliphatic rings. The first kappa shape index (κ1) is 13.3. The molecule has 1 saturated heterocycles. The van der Waals surface area contributed by atoms with Gasteiger partial charge in [0, 0.05) is 6.42 Å². The van der Waals surface area contributed by atoms with Crippen molar-refractivity contribution in [2.24, 2.45) is 11.3 Å². The molecule has 1 aliphatic carbocycles. The molecular formula is C17H21NO2. The molecule has 2 fully saturated rings. The highest BCUT2D eigenvalue weighted by molar-refractivity contribution is 6.02. The molecule has 0 aromatic heterocycles. The van der Waals surface area contributed by atoms with Crippen LogP contribution in [0.3, 0.4) is 0 Å². The maximum atomic E-state index is 12.4. The highest BCUT2D eigenvalue weighted by Gasteiger charge is 2.52. The molecular weight excluding hydrogens is 250 g/mol. The van der Waals surface area contributed by atoms with Crippen molar-refractivity contribution >= 4 is 11.8 Å². The van der Waals surface area contributed by atoms with Gasteiger partial charge in [0.2, 0.25) is 11.8 Å². The second-order valence-corrected chi connectivity index (χ2v) is 6.31. The van der Waals surface area contributed by atoms with Crippen LogP contribution in [0.2, 0.25) is 0 Å². The Kier molecular flexibility index (Phi) is 3.36. The largest absolute Gasteiger partial charge is 0.296 e. The zero-order valence-corrected chi connectivity index (χ0v) is 11.9. The minimum atomic E-state index is -0.169. The van der Waals surface area contributed by atoms with E-state index in [2.05, 4.69) is 12.2 Å².